The summed E-state index contributed by atoms with van der Waals surface area (Å²) in [5.41, 5.74) is 4.10. The molecule has 2 nitrogen and oxygen atoms in total. The van der Waals surface area contributed by atoms with Crippen LogP contribution < -0.4 is 11.3 Å². The smallest absolute Gasteiger partial charge is 0.123 e. The molecule has 2 rings (SSSR count). The number of nitrogens with one attached hydrogen (secondary N) is 1. The molecule has 0 bridgehead atoms. The van der Waals surface area contributed by atoms with Gasteiger partial charge in [0, 0.05) is 15.1 Å². The van der Waals surface area contributed by atoms with Crippen LogP contribution in [-0.4, -0.2) is 0 Å². The maximum absolute atomic E-state index is 13.3. The molecule has 106 valence electrons. The summed E-state index contributed by atoms with van der Waals surface area (Å²) in [6, 6.07) is 9.06. The van der Waals surface area contributed by atoms with Crippen molar-refractivity contribution in [3.8, 4) is 0 Å². The van der Waals surface area contributed by atoms with Crippen LogP contribution in [0.1, 0.15) is 17.2 Å². The highest BCUT2D eigenvalue weighted by Crippen LogP contribution is 2.30. The number of hydrogen-bond donors (Lipinski definition) is 2. The highest BCUT2D eigenvalue weighted by molar-refractivity contribution is 6.35. The van der Waals surface area contributed by atoms with Crippen molar-refractivity contribution in [1.29, 1.82) is 0 Å². The highest BCUT2D eigenvalue weighted by atomic mass is 35.5. The molecule has 0 heterocycles. The molecule has 0 aliphatic heterocycles. The van der Waals surface area contributed by atoms with Crippen molar-refractivity contribution in [2.75, 3.05) is 0 Å². The van der Waals surface area contributed by atoms with Crippen molar-refractivity contribution < 1.29 is 4.39 Å². The Hall–Kier alpha value is -0.840. The molecule has 0 saturated carbocycles. The van der Waals surface area contributed by atoms with Crippen LogP contribution in [0.25, 0.3) is 0 Å². The zero-order valence-corrected chi connectivity index (χ0v) is 12.6. The summed E-state index contributed by atoms with van der Waals surface area (Å²) < 4.78 is 13.3. The first-order valence-corrected chi connectivity index (χ1v) is 6.99. The Labute approximate surface area is 131 Å². The fourth-order valence-electron chi connectivity index (χ4n) is 1.96. The summed E-state index contributed by atoms with van der Waals surface area (Å²) in [7, 11) is 0. The minimum Gasteiger partial charge on any atom is -0.271 e. The predicted molar refractivity (Wildman–Crippen MR) is 81.6 cm³/mol. The van der Waals surface area contributed by atoms with Crippen LogP contribution in [0.3, 0.4) is 0 Å². The van der Waals surface area contributed by atoms with Crippen molar-refractivity contribution in [2.24, 2.45) is 5.84 Å². The van der Waals surface area contributed by atoms with Gasteiger partial charge in [-0.2, -0.15) is 0 Å². The number of rotatable bonds is 4. The maximum Gasteiger partial charge on any atom is 0.123 e. The predicted octanol–water partition coefficient (Wildman–Crippen LogP) is 4.53. The molecule has 6 heteroatoms. The minimum atomic E-state index is -0.345. The lowest BCUT2D eigenvalue weighted by molar-refractivity contribution is 0.549. The fourth-order valence-corrected chi connectivity index (χ4v) is 2.70. The van der Waals surface area contributed by atoms with E-state index >= 15 is 0 Å². The molecule has 0 spiro atoms. The molecule has 0 saturated heterocycles. The second-order valence-corrected chi connectivity index (χ2v) is 5.58. The Morgan fingerprint density at radius 2 is 1.80 bits per heavy atom. The van der Waals surface area contributed by atoms with Gasteiger partial charge in [0.2, 0.25) is 0 Å². The molecule has 0 aliphatic rings. The van der Waals surface area contributed by atoms with E-state index in [2.05, 4.69) is 5.43 Å². The van der Waals surface area contributed by atoms with Gasteiger partial charge >= 0.3 is 0 Å². The second kappa shape index (κ2) is 6.74. The number of hydrogen-bond acceptors (Lipinski definition) is 2. The van der Waals surface area contributed by atoms with Crippen molar-refractivity contribution in [1.82, 2.24) is 5.43 Å². The average Bonchev–Trinajstić information content (AvgIpc) is 2.40. The van der Waals surface area contributed by atoms with Gasteiger partial charge in [0.1, 0.15) is 5.82 Å². The van der Waals surface area contributed by atoms with E-state index in [1.165, 1.54) is 18.2 Å². The van der Waals surface area contributed by atoms with Crippen LogP contribution in [-0.2, 0) is 6.42 Å². The third-order valence-corrected chi connectivity index (χ3v) is 3.90. The Balaban J connectivity index is 2.31. The molecule has 0 amide bonds. The van der Waals surface area contributed by atoms with E-state index in [-0.39, 0.29) is 11.9 Å². The molecular formula is C14H12Cl3FN2. The number of halogens is 4. The van der Waals surface area contributed by atoms with Crippen molar-refractivity contribution in [3.63, 3.8) is 0 Å². The highest BCUT2D eigenvalue weighted by Gasteiger charge is 2.16. The molecule has 1 unspecified atom stereocenters. The number of benzene rings is 2. The van der Waals surface area contributed by atoms with Crippen LogP contribution in [0.4, 0.5) is 4.39 Å². The van der Waals surface area contributed by atoms with Crippen LogP contribution in [0, 0.1) is 5.82 Å². The van der Waals surface area contributed by atoms with Crippen molar-refractivity contribution in [3.05, 3.63) is 68.4 Å². The minimum absolute atomic E-state index is 0.293. The zero-order valence-electron chi connectivity index (χ0n) is 10.3. The van der Waals surface area contributed by atoms with Gasteiger partial charge in [0.05, 0.1) is 6.04 Å². The molecular weight excluding hydrogens is 322 g/mol. The van der Waals surface area contributed by atoms with Gasteiger partial charge in [-0.05, 0) is 47.9 Å². The summed E-state index contributed by atoms with van der Waals surface area (Å²) in [4.78, 5) is 0. The summed E-state index contributed by atoms with van der Waals surface area (Å²) in [5.74, 6) is 5.22. The Morgan fingerprint density at radius 3 is 2.45 bits per heavy atom. The molecule has 0 aliphatic carbocycles. The molecule has 2 aromatic carbocycles. The van der Waals surface area contributed by atoms with E-state index in [0.717, 1.165) is 5.56 Å². The summed E-state index contributed by atoms with van der Waals surface area (Å²) in [5, 5.41) is 1.52. The first kappa shape index (κ1) is 15.5. The first-order chi connectivity index (χ1) is 9.51. The average molecular weight is 334 g/mol. The van der Waals surface area contributed by atoms with Gasteiger partial charge in [-0.1, -0.05) is 40.9 Å². The van der Waals surface area contributed by atoms with Crippen LogP contribution in [0.2, 0.25) is 15.1 Å². The van der Waals surface area contributed by atoms with Gasteiger partial charge in [-0.25, -0.2) is 4.39 Å². The van der Waals surface area contributed by atoms with Gasteiger partial charge in [-0.15, -0.1) is 0 Å². The third kappa shape index (κ3) is 3.62. The maximum atomic E-state index is 13.3. The summed E-state index contributed by atoms with van der Waals surface area (Å²) in [6.45, 7) is 0. The first-order valence-electron chi connectivity index (χ1n) is 5.86. The van der Waals surface area contributed by atoms with Gasteiger partial charge in [0.25, 0.3) is 0 Å². The van der Waals surface area contributed by atoms with Gasteiger partial charge < -0.3 is 0 Å². The lowest BCUT2D eigenvalue weighted by Gasteiger charge is -2.18. The molecule has 1 atom stereocenters. The number of nitrogens with two attached hydrogens (primary N) is 1. The SMILES string of the molecule is NNC(Cc1cc(F)ccc1Cl)c1ccc(Cl)cc1Cl. The standard InChI is InChI=1S/C14H12Cl3FN2/c15-9-1-3-11(13(17)7-9)14(20-19)6-8-5-10(18)2-4-12(8)16/h1-5,7,14,20H,6,19H2. The lowest BCUT2D eigenvalue weighted by atomic mass is 9.99. The van der Waals surface area contributed by atoms with Crippen LogP contribution in [0.15, 0.2) is 36.4 Å². The Kier molecular flexibility index (Phi) is 5.24. The monoisotopic (exact) mass is 332 g/mol. The van der Waals surface area contributed by atoms with E-state index in [0.29, 0.717) is 27.1 Å². The normalized spacial score (nSPS) is 12.4. The van der Waals surface area contributed by atoms with Crippen LogP contribution >= 0.6 is 34.8 Å². The molecule has 0 aromatic heterocycles. The van der Waals surface area contributed by atoms with E-state index < -0.39 is 0 Å². The molecule has 20 heavy (non-hydrogen) atoms. The molecule has 0 radical (unpaired) electrons. The van der Waals surface area contributed by atoms with E-state index in [1.54, 1.807) is 18.2 Å². The zero-order chi connectivity index (χ0) is 14.7. The third-order valence-electron chi connectivity index (χ3n) is 2.97. The van der Waals surface area contributed by atoms with Crippen LogP contribution in [0.5, 0.6) is 0 Å². The van der Waals surface area contributed by atoms with Crippen molar-refractivity contribution in [2.45, 2.75) is 12.5 Å². The second-order valence-electron chi connectivity index (χ2n) is 4.32. The summed E-state index contributed by atoms with van der Waals surface area (Å²) in [6.07, 6.45) is 0.411. The lowest BCUT2D eigenvalue weighted by Crippen LogP contribution is -2.29. The Bertz CT molecular complexity index is 619. The Morgan fingerprint density at radius 1 is 1.05 bits per heavy atom. The molecule has 2 aromatic rings. The molecule has 3 N–H and O–H groups in total. The quantitative estimate of drug-likeness (QED) is 0.637. The van der Waals surface area contributed by atoms with E-state index in [1.807, 2.05) is 0 Å². The van der Waals surface area contributed by atoms with Gasteiger partial charge in [-0.3, -0.25) is 11.3 Å². The fraction of sp³-hybridized carbons (Fsp3) is 0.143. The topological polar surface area (TPSA) is 38.0 Å². The van der Waals surface area contributed by atoms with E-state index in [9.17, 15) is 4.39 Å². The van der Waals surface area contributed by atoms with E-state index in [4.69, 9.17) is 40.6 Å². The van der Waals surface area contributed by atoms with Gasteiger partial charge in [0.15, 0.2) is 0 Å². The number of hydrazine groups is 1. The van der Waals surface area contributed by atoms with Crippen molar-refractivity contribution >= 4 is 34.8 Å². The molecule has 0 fully saturated rings. The largest absolute Gasteiger partial charge is 0.271 e. The summed E-state index contributed by atoms with van der Waals surface area (Å²) >= 11 is 18.1.